The van der Waals surface area contributed by atoms with Crippen molar-refractivity contribution in [3.8, 4) is 11.4 Å². The van der Waals surface area contributed by atoms with Crippen molar-refractivity contribution in [2.45, 2.75) is 4.90 Å². The van der Waals surface area contributed by atoms with Crippen LogP contribution < -0.4 is 0 Å². The van der Waals surface area contributed by atoms with Gasteiger partial charge in [-0.25, -0.2) is 13.4 Å². The molecule has 1 heterocycles. The fourth-order valence-electron chi connectivity index (χ4n) is 2.27. The molecule has 23 heavy (non-hydrogen) atoms. The first kappa shape index (κ1) is 15.4. The first-order chi connectivity index (χ1) is 10.9. The summed E-state index contributed by atoms with van der Waals surface area (Å²) in [6, 6.07) is 11.3. The van der Waals surface area contributed by atoms with Gasteiger partial charge in [-0.2, -0.15) is 0 Å². The minimum atomic E-state index is -3.24. The Balaban J connectivity index is 2.02. The van der Waals surface area contributed by atoms with E-state index in [0.717, 1.165) is 11.8 Å². The van der Waals surface area contributed by atoms with E-state index in [0.29, 0.717) is 22.4 Å². The Morgan fingerprint density at radius 2 is 1.87 bits per heavy atom. The van der Waals surface area contributed by atoms with E-state index in [4.69, 9.17) is 5.11 Å². The molecule has 0 bridgehead atoms. The largest absolute Gasteiger partial charge is 0.388 e. The second-order valence-corrected chi connectivity index (χ2v) is 7.21. The summed E-state index contributed by atoms with van der Waals surface area (Å²) < 4.78 is 23.0. The summed E-state index contributed by atoms with van der Waals surface area (Å²) in [5.74, 6) is 0.217. The van der Waals surface area contributed by atoms with Gasteiger partial charge in [0, 0.05) is 17.4 Å². The molecule has 118 valence electrons. The lowest BCUT2D eigenvalue weighted by Crippen LogP contribution is -2.03. The number of nitrogens with zero attached hydrogens (tertiary/aromatic N) is 1. The van der Waals surface area contributed by atoms with Crippen molar-refractivity contribution in [1.82, 2.24) is 9.97 Å². The SMILES string of the molecule is CS(=O)(=O)c1ccc(-c2nc3ccc(C(=O)CO)cc3[nH]2)cc1. The van der Waals surface area contributed by atoms with Crippen LogP contribution >= 0.6 is 0 Å². The standard InChI is InChI=1S/C16H14N2O4S/c1-23(21,22)12-5-2-10(3-6-12)16-17-13-7-4-11(15(20)9-19)8-14(13)18-16/h2-8,19H,9H2,1H3,(H,17,18). The van der Waals surface area contributed by atoms with Crippen LogP contribution in [0.15, 0.2) is 47.4 Å². The van der Waals surface area contributed by atoms with E-state index in [1.54, 1.807) is 30.3 Å². The molecule has 0 spiro atoms. The van der Waals surface area contributed by atoms with Crippen molar-refractivity contribution in [3.05, 3.63) is 48.0 Å². The molecule has 2 aromatic carbocycles. The van der Waals surface area contributed by atoms with Gasteiger partial charge in [-0.1, -0.05) is 0 Å². The average molecular weight is 330 g/mol. The van der Waals surface area contributed by atoms with E-state index in [-0.39, 0.29) is 10.7 Å². The molecule has 3 rings (SSSR count). The van der Waals surface area contributed by atoms with Crippen LogP contribution in [0.5, 0.6) is 0 Å². The molecule has 0 amide bonds. The Bertz CT molecular complexity index is 989. The Hall–Kier alpha value is -2.51. The van der Waals surface area contributed by atoms with Crippen LogP contribution in [0.25, 0.3) is 22.4 Å². The van der Waals surface area contributed by atoms with Crippen molar-refractivity contribution >= 4 is 26.7 Å². The van der Waals surface area contributed by atoms with Crippen LogP contribution in [0.1, 0.15) is 10.4 Å². The zero-order valence-corrected chi connectivity index (χ0v) is 13.1. The Morgan fingerprint density at radius 3 is 2.48 bits per heavy atom. The predicted molar refractivity (Wildman–Crippen MR) is 86.1 cm³/mol. The van der Waals surface area contributed by atoms with Gasteiger partial charge in [0.2, 0.25) is 0 Å². The molecule has 0 unspecified atom stereocenters. The number of ketones is 1. The molecule has 0 radical (unpaired) electrons. The van der Waals surface area contributed by atoms with Gasteiger partial charge < -0.3 is 10.1 Å². The molecule has 3 aromatic rings. The first-order valence-corrected chi connectivity index (χ1v) is 8.72. The third-order valence-corrected chi connectivity index (χ3v) is 4.63. The lowest BCUT2D eigenvalue weighted by molar-refractivity contribution is 0.0904. The number of rotatable bonds is 4. The van der Waals surface area contributed by atoms with Gasteiger partial charge in [0.25, 0.3) is 0 Å². The highest BCUT2D eigenvalue weighted by Gasteiger charge is 2.11. The lowest BCUT2D eigenvalue weighted by atomic mass is 10.1. The number of imidazole rings is 1. The molecule has 2 N–H and O–H groups in total. The maximum atomic E-state index is 11.5. The number of nitrogens with one attached hydrogen (secondary N) is 1. The van der Waals surface area contributed by atoms with E-state index in [2.05, 4.69) is 9.97 Å². The minimum absolute atomic E-state index is 0.244. The predicted octanol–water partition coefficient (Wildman–Crippen LogP) is 1.81. The zero-order valence-electron chi connectivity index (χ0n) is 12.3. The number of sulfone groups is 1. The van der Waals surface area contributed by atoms with Gasteiger partial charge in [-0.15, -0.1) is 0 Å². The number of hydrogen-bond donors (Lipinski definition) is 2. The number of aromatic nitrogens is 2. The van der Waals surface area contributed by atoms with Gasteiger partial charge in [0.15, 0.2) is 15.6 Å². The molecular formula is C16H14N2O4S. The summed E-state index contributed by atoms with van der Waals surface area (Å²) in [6.45, 7) is -0.542. The number of fused-ring (bicyclic) bond motifs is 1. The molecule has 0 aliphatic rings. The zero-order chi connectivity index (χ0) is 16.6. The van der Waals surface area contributed by atoms with Gasteiger partial charge in [0.05, 0.1) is 15.9 Å². The third-order valence-electron chi connectivity index (χ3n) is 3.50. The molecule has 1 aromatic heterocycles. The van der Waals surface area contributed by atoms with Gasteiger partial charge in [-0.3, -0.25) is 4.79 Å². The van der Waals surface area contributed by atoms with Crippen molar-refractivity contribution in [2.75, 3.05) is 12.9 Å². The van der Waals surface area contributed by atoms with Gasteiger partial charge in [0.1, 0.15) is 12.4 Å². The number of aliphatic hydroxyl groups is 1. The number of carbonyl (C=O) groups excluding carboxylic acids is 1. The molecule has 0 aliphatic carbocycles. The number of hydrogen-bond acceptors (Lipinski definition) is 5. The van der Waals surface area contributed by atoms with Crippen LogP contribution in [-0.2, 0) is 9.84 Å². The molecule has 7 heteroatoms. The smallest absolute Gasteiger partial charge is 0.188 e. The Morgan fingerprint density at radius 1 is 1.17 bits per heavy atom. The maximum Gasteiger partial charge on any atom is 0.188 e. The van der Waals surface area contributed by atoms with Crippen molar-refractivity contribution < 1.29 is 18.3 Å². The van der Waals surface area contributed by atoms with Crippen LogP contribution in [0.2, 0.25) is 0 Å². The second-order valence-electron chi connectivity index (χ2n) is 5.20. The van der Waals surface area contributed by atoms with E-state index < -0.39 is 16.4 Å². The summed E-state index contributed by atoms with van der Waals surface area (Å²) in [5, 5.41) is 8.91. The number of H-pyrrole nitrogens is 1. The number of aromatic amines is 1. The summed E-state index contributed by atoms with van der Waals surface area (Å²) in [4.78, 5) is 19.3. The first-order valence-electron chi connectivity index (χ1n) is 6.83. The monoisotopic (exact) mass is 330 g/mol. The number of aliphatic hydroxyl groups excluding tert-OH is 1. The molecule has 0 saturated heterocycles. The highest BCUT2D eigenvalue weighted by Crippen LogP contribution is 2.23. The van der Waals surface area contributed by atoms with E-state index in [1.165, 1.54) is 12.1 Å². The average Bonchev–Trinajstić information content (AvgIpc) is 2.96. The van der Waals surface area contributed by atoms with Crippen molar-refractivity contribution in [3.63, 3.8) is 0 Å². The topological polar surface area (TPSA) is 100 Å². The fraction of sp³-hybridized carbons (Fsp3) is 0.125. The molecule has 0 atom stereocenters. The molecule has 0 saturated carbocycles. The molecule has 0 fully saturated rings. The number of Topliss-reactive ketones (excluding diaryl/α,β-unsaturated/α-hetero) is 1. The maximum absolute atomic E-state index is 11.5. The van der Waals surface area contributed by atoms with Crippen molar-refractivity contribution in [1.29, 1.82) is 0 Å². The van der Waals surface area contributed by atoms with E-state index in [1.807, 2.05) is 0 Å². The summed E-state index contributed by atoms with van der Waals surface area (Å²) >= 11 is 0. The third kappa shape index (κ3) is 3.01. The van der Waals surface area contributed by atoms with Gasteiger partial charge >= 0.3 is 0 Å². The summed E-state index contributed by atoms with van der Waals surface area (Å²) in [7, 11) is -3.24. The Labute approximate surface area is 132 Å². The molecule has 6 nitrogen and oxygen atoms in total. The van der Waals surface area contributed by atoms with E-state index >= 15 is 0 Å². The van der Waals surface area contributed by atoms with Crippen molar-refractivity contribution in [2.24, 2.45) is 0 Å². The van der Waals surface area contributed by atoms with E-state index in [9.17, 15) is 13.2 Å². The summed E-state index contributed by atoms with van der Waals surface area (Å²) in [6.07, 6.45) is 1.16. The number of benzene rings is 2. The quantitative estimate of drug-likeness (QED) is 0.711. The lowest BCUT2D eigenvalue weighted by Gasteiger charge is -2.00. The Kier molecular flexibility index (Phi) is 3.75. The van der Waals surface area contributed by atoms with Crippen LogP contribution in [0, 0.1) is 0 Å². The highest BCUT2D eigenvalue weighted by atomic mass is 32.2. The van der Waals surface area contributed by atoms with Crippen LogP contribution in [-0.4, -0.2) is 42.1 Å². The highest BCUT2D eigenvalue weighted by molar-refractivity contribution is 7.90. The summed E-state index contributed by atoms with van der Waals surface area (Å²) in [5.41, 5.74) is 2.50. The van der Waals surface area contributed by atoms with Crippen LogP contribution in [0.4, 0.5) is 0 Å². The van der Waals surface area contributed by atoms with Crippen LogP contribution in [0.3, 0.4) is 0 Å². The van der Waals surface area contributed by atoms with Gasteiger partial charge in [-0.05, 0) is 42.5 Å². The minimum Gasteiger partial charge on any atom is -0.388 e. The molecule has 0 aliphatic heterocycles. The normalized spacial score (nSPS) is 11.7. The second kappa shape index (κ2) is 5.60. The fourth-order valence-corrected chi connectivity index (χ4v) is 2.90. The number of carbonyl (C=O) groups is 1. The molecular weight excluding hydrogens is 316 g/mol.